The average Bonchev–Trinajstić information content (AvgIpc) is 2.91. The van der Waals surface area contributed by atoms with Crippen molar-refractivity contribution in [3.05, 3.63) is 28.6 Å². The second-order valence-electron chi connectivity index (χ2n) is 2.46. The lowest BCUT2D eigenvalue weighted by Gasteiger charge is -1.86. The molecular weight excluding hydrogens is 210 g/mol. The average molecular weight is 225 g/mol. The lowest BCUT2D eigenvalue weighted by atomic mass is 10.4. The predicted octanol–water partition coefficient (Wildman–Crippen LogP) is 4.46. The molecule has 0 amide bonds. The second kappa shape index (κ2) is 5.94. The summed E-state index contributed by atoms with van der Waals surface area (Å²) in [5, 5.41) is 3.15. The highest BCUT2D eigenvalue weighted by Gasteiger charge is 2.02. The maximum Gasteiger partial charge on any atom is 0.133 e. The van der Waals surface area contributed by atoms with E-state index >= 15 is 0 Å². The molecule has 3 heteroatoms. The first-order valence-electron chi connectivity index (χ1n) is 4.88. The molecule has 2 aromatic rings. The van der Waals surface area contributed by atoms with Gasteiger partial charge in [-0.15, -0.1) is 22.7 Å². The minimum absolute atomic E-state index is 1.12. The van der Waals surface area contributed by atoms with Crippen molar-refractivity contribution in [3.63, 3.8) is 0 Å². The van der Waals surface area contributed by atoms with E-state index in [0.717, 1.165) is 11.4 Å². The molecule has 0 bridgehead atoms. The van der Waals surface area contributed by atoms with Crippen LogP contribution in [0.15, 0.2) is 23.7 Å². The molecule has 2 rings (SSSR count). The second-order valence-corrected chi connectivity index (χ2v) is 4.52. The van der Waals surface area contributed by atoms with Crippen LogP contribution in [0.1, 0.15) is 25.6 Å². The zero-order valence-corrected chi connectivity index (χ0v) is 10.4. The van der Waals surface area contributed by atoms with Crippen LogP contribution in [0.25, 0.3) is 9.88 Å². The zero-order valence-electron chi connectivity index (χ0n) is 8.78. The molecule has 0 atom stereocenters. The van der Waals surface area contributed by atoms with Crippen molar-refractivity contribution in [2.45, 2.75) is 27.2 Å². The van der Waals surface area contributed by atoms with Crippen molar-refractivity contribution in [1.29, 1.82) is 0 Å². The summed E-state index contributed by atoms with van der Waals surface area (Å²) in [6.07, 6.45) is 2.97. The molecule has 0 saturated heterocycles. The molecule has 14 heavy (non-hydrogen) atoms. The molecule has 0 N–H and O–H groups in total. The standard InChI is InChI=1S/C9H9NS2.C2H6/c1-2-7-3-4-8(12-7)9-10-5-6-11-9;1-2/h3-6H,2H2,1H3;1-2H3. The van der Waals surface area contributed by atoms with Crippen molar-refractivity contribution >= 4 is 22.7 Å². The Bertz CT molecular complexity index is 349. The molecule has 0 radical (unpaired) electrons. The van der Waals surface area contributed by atoms with Gasteiger partial charge in [0.2, 0.25) is 0 Å². The summed E-state index contributed by atoms with van der Waals surface area (Å²) < 4.78 is 0. The Morgan fingerprint density at radius 2 is 2.07 bits per heavy atom. The lowest BCUT2D eigenvalue weighted by molar-refractivity contribution is 1.19. The molecule has 0 aliphatic heterocycles. The maximum atomic E-state index is 4.26. The van der Waals surface area contributed by atoms with Gasteiger partial charge in [-0.25, -0.2) is 4.98 Å². The fraction of sp³-hybridized carbons (Fsp3) is 0.364. The van der Waals surface area contributed by atoms with Crippen LogP contribution in [0.5, 0.6) is 0 Å². The monoisotopic (exact) mass is 225 g/mol. The van der Waals surface area contributed by atoms with Crippen molar-refractivity contribution in [3.8, 4) is 9.88 Å². The summed E-state index contributed by atoms with van der Waals surface area (Å²) in [5.74, 6) is 0. The Kier molecular flexibility index (Phi) is 4.84. The van der Waals surface area contributed by atoms with E-state index in [9.17, 15) is 0 Å². The molecule has 0 unspecified atom stereocenters. The Hall–Kier alpha value is -0.670. The number of thiazole rings is 1. The first kappa shape index (κ1) is 11.4. The SMILES string of the molecule is CC.CCc1ccc(-c2nccs2)s1. The van der Waals surface area contributed by atoms with E-state index < -0.39 is 0 Å². The minimum atomic E-state index is 1.12. The first-order chi connectivity index (χ1) is 6.90. The van der Waals surface area contributed by atoms with Gasteiger partial charge in [-0.3, -0.25) is 0 Å². The van der Waals surface area contributed by atoms with Crippen LogP contribution < -0.4 is 0 Å². The van der Waals surface area contributed by atoms with Gasteiger partial charge in [0.05, 0.1) is 4.88 Å². The molecule has 2 heterocycles. The summed E-state index contributed by atoms with van der Waals surface area (Å²) in [6, 6.07) is 4.34. The van der Waals surface area contributed by atoms with Crippen molar-refractivity contribution in [1.82, 2.24) is 4.98 Å². The van der Waals surface area contributed by atoms with Crippen LogP contribution in [0.4, 0.5) is 0 Å². The summed E-state index contributed by atoms with van der Waals surface area (Å²) in [4.78, 5) is 6.99. The van der Waals surface area contributed by atoms with E-state index in [4.69, 9.17) is 0 Å². The number of thiophene rings is 1. The highest BCUT2D eigenvalue weighted by molar-refractivity contribution is 7.21. The summed E-state index contributed by atoms with van der Waals surface area (Å²) >= 11 is 3.54. The van der Waals surface area contributed by atoms with Crippen LogP contribution in [0.2, 0.25) is 0 Å². The number of nitrogens with zero attached hydrogens (tertiary/aromatic N) is 1. The molecular formula is C11H15NS2. The highest BCUT2D eigenvalue weighted by Crippen LogP contribution is 2.29. The summed E-state index contributed by atoms with van der Waals surface area (Å²) in [5.41, 5.74) is 0. The minimum Gasteiger partial charge on any atom is -0.244 e. The van der Waals surface area contributed by atoms with Crippen LogP contribution in [0, 0.1) is 0 Å². The smallest absolute Gasteiger partial charge is 0.133 e. The number of rotatable bonds is 2. The van der Waals surface area contributed by atoms with Crippen LogP contribution in [0.3, 0.4) is 0 Å². The van der Waals surface area contributed by atoms with E-state index in [-0.39, 0.29) is 0 Å². The Morgan fingerprint density at radius 3 is 2.57 bits per heavy atom. The molecule has 76 valence electrons. The molecule has 0 aliphatic carbocycles. The van der Waals surface area contributed by atoms with E-state index in [1.165, 1.54) is 9.75 Å². The summed E-state index contributed by atoms with van der Waals surface area (Å²) in [7, 11) is 0. The van der Waals surface area contributed by atoms with Crippen molar-refractivity contribution in [2.75, 3.05) is 0 Å². The number of aryl methyl sites for hydroxylation is 1. The topological polar surface area (TPSA) is 12.9 Å². The van der Waals surface area contributed by atoms with Crippen molar-refractivity contribution < 1.29 is 0 Å². The van der Waals surface area contributed by atoms with Crippen LogP contribution in [-0.2, 0) is 6.42 Å². The van der Waals surface area contributed by atoms with Gasteiger partial charge in [-0.1, -0.05) is 20.8 Å². The molecule has 0 spiro atoms. The number of hydrogen-bond acceptors (Lipinski definition) is 3. The van der Waals surface area contributed by atoms with Gasteiger partial charge in [0.15, 0.2) is 0 Å². The Balaban J connectivity index is 0.000000461. The third-order valence-corrected chi connectivity index (χ3v) is 3.83. The van der Waals surface area contributed by atoms with Crippen LogP contribution >= 0.6 is 22.7 Å². The third kappa shape index (κ3) is 2.66. The molecule has 1 nitrogen and oxygen atoms in total. The molecule has 0 fully saturated rings. The first-order valence-corrected chi connectivity index (χ1v) is 6.58. The largest absolute Gasteiger partial charge is 0.244 e. The maximum absolute atomic E-state index is 4.26. The normalized spacial score (nSPS) is 9.36. The molecule has 2 aromatic heterocycles. The third-order valence-electron chi connectivity index (χ3n) is 1.65. The molecule has 0 saturated carbocycles. The quantitative estimate of drug-likeness (QED) is 0.735. The number of hydrogen-bond donors (Lipinski definition) is 0. The Labute approximate surface area is 93.5 Å². The van der Waals surface area contributed by atoms with Crippen LogP contribution in [-0.4, -0.2) is 4.98 Å². The fourth-order valence-corrected chi connectivity index (χ4v) is 2.69. The fourth-order valence-electron chi connectivity index (χ4n) is 1.03. The van der Waals surface area contributed by atoms with Gasteiger partial charge in [0.1, 0.15) is 5.01 Å². The van der Waals surface area contributed by atoms with Gasteiger partial charge in [-0.05, 0) is 18.6 Å². The van der Waals surface area contributed by atoms with Gasteiger partial charge in [-0.2, -0.15) is 0 Å². The summed E-state index contributed by atoms with van der Waals surface area (Å²) in [6.45, 7) is 6.18. The van der Waals surface area contributed by atoms with Gasteiger partial charge in [0.25, 0.3) is 0 Å². The van der Waals surface area contributed by atoms with E-state index in [2.05, 4.69) is 24.0 Å². The van der Waals surface area contributed by atoms with Gasteiger partial charge in [0, 0.05) is 16.5 Å². The van der Waals surface area contributed by atoms with Gasteiger partial charge < -0.3 is 0 Å². The number of aromatic nitrogens is 1. The van der Waals surface area contributed by atoms with E-state index in [1.807, 2.05) is 36.8 Å². The Morgan fingerprint density at radius 1 is 1.29 bits per heavy atom. The van der Waals surface area contributed by atoms with E-state index in [1.54, 1.807) is 11.3 Å². The van der Waals surface area contributed by atoms with E-state index in [0.29, 0.717) is 0 Å². The lowest BCUT2D eigenvalue weighted by Crippen LogP contribution is -1.65. The predicted molar refractivity (Wildman–Crippen MR) is 66.2 cm³/mol. The van der Waals surface area contributed by atoms with Crippen molar-refractivity contribution in [2.24, 2.45) is 0 Å². The highest BCUT2D eigenvalue weighted by atomic mass is 32.1. The molecule has 0 aromatic carbocycles. The molecule has 0 aliphatic rings. The zero-order chi connectivity index (χ0) is 10.4. The van der Waals surface area contributed by atoms with Gasteiger partial charge >= 0.3 is 0 Å².